The van der Waals surface area contributed by atoms with Gasteiger partial charge in [0.15, 0.2) is 0 Å². The molecule has 0 unspecified atom stereocenters. The predicted octanol–water partition coefficient (Wildman–Crippen LogP) is 1.12. The standard InChI is InChI=1S/C8H6N3O/c9-7-3-1-2-6(4-7)8-11-10-5-12-8/h1-4H,9H2. The Balaban J connectivity index is 2.48. The van der Waals surface area contributed by atoms with Crippen LogP contribution in [0.5, 0.6) is 0 Å². The Kier molecular flexibility index (Phi) is 1.51. The van der Waals surface area contributed by atoms with E-state index in [2.05, 4.69) is 16.6 Å². The van der Waals surface area contributed by atoms with Crippen LogP contribution < -0.4 is 5.73 Å². The fourth-order valence-corrected chi connectivity index (χ4v) is 0.938. The zero-order valence-electron chi connectivity index (χ0n) is 6.19. The quantitative estimate of drug-likeness (QED) is 0.635. The number of nitrogens with zero attached hydrogens (tertiary/aromatic N) is 2. The first-order valence-electron chi connectivity index (χ1n) is 3.42. The molecule has 0 aliphatic rings. The van der Waals surface area contributed by atoms with Crippen LogP contribution in [0.4, 0.5) is 5.69 Å². The Morgan fingerprint density at radius 3 is 3.00 bits per heavy atom. The summed E-state index contributed by atoms with van der Waals surface area (Å²) in [7, 11) is 0. The Morgan fingerprint density at radius 2 is 2.33 bits per heavy atom. The molecule has 0 bridgehead atoms. The van der Waals surface area contributed by atoms with Crippen molar-refractivity contribution in [2.45, 2.75) is 0 Å². The van der Waals surface area contributed by atoms with Crippen molar-refractivity contribution in [3.05, 3.63) is 30.7 Å². The Labute approximate surface area is 69.0 Å². The van der Waals surface area contributed by atoms with E-state index in [4.69, 9.17) is 10.2 Å². The van der Waals surface area contributed by atoms with Gasteiger partial charge in [-0.15, -0.1) is 10.2 Å². The number of aromatic nitrogens is 2. The summed E-state index contributed by atoms with van der Waals surface area (Å²) in [5.74, 6) is 0.433. The molecule has 0 aliphatic heterocycles. The molecule has 12 heavy (non-hydrogen) atoms. The average molecular weight is 160 g/mol. The summed E-state index contributed by atoms with van der Waals surface area (Å²) in [6.45, 7) is 0. The van der Waals surface area contributed by atoms with E-state index in [-0.39, 0.29) is 0 Å². The third-order valence-corrected chi connectivity index (χ3v) is 1.46. The van der Waals surface area contributed by atoms with Gasteiger partial charge in [-0.05, 0) is 18.2 Å². The summed E-state index contributed by atoms with van der Waals surface area (Å²) in [6.07, 6.45) is 2.27. The van der Waals surface area contributed by atoms with Gasteiger partial charge in [-0.2, -0.15) is 0 Å². The number of anilines is 1. The normalized spacial score (nSPS) is 10.0. The van der Waals surface area contributed by atoms with E-state index in [1.165, 1.54) is 0 Å². The van der Waals surface area contributed by atoms with Crippen LogP contribution in [0.25, 0.3) is 11.5 Å². The summed E-state index contributed by atoms with van der Waals surface area (Å²) < 4.78 is 4.87. The summed E-state index contributed by atoms with van der Waals surface area (Å²) in [5, 5.41) is 7.15. The maximum absolute atomic E-state index is 5.56. The smallest absolute Gasteiger partial charge is 0.306 e. The van der Waals surface area contributed by atoms with Crippen molar-refractivity contribution in [1.82, 2.24) is 10.2 Å². The maximum Gasteiger partial charge on any atom is 0.306 e. The third kappa shape index (κ3) is 1.14. The van der Waals surface area contributed by atoms with Gasteiger partial charge in [-0.3, -0.25) is 0 Å². The molecule has 0 atom stereocenters. The summed E-state index contributed by atoms with van der Waals surface area (Å²) in [5.41, 5.74) is 7.05. The molecule has 1 radical (unpaired) electrons. The van der Waals surface area contributed by atoms with Crippen LogP contribution in [-0.4, -0.2) is 10.2 Å². The average Bonchev–Trinajstić information content (AvgIpc) is 2.56. The fraction of sp³-hybridized carbons (Fsp3) is 0. The molecule has 0 aliphatic carbocycles. The second kappa shape index (κ2) is 2.65. The summed E-state index contributed by atoms with van der Waals surface area (Å²) in [6, 6.07) is 7.23. The monoisotopic (exact) mass is 160 g/mol. The molecule has 0 fully saturated rings. The highest BCUT2D eigenvalue weighted by Gasteiger charge is 2.02. The van der Waals surface area contributed by atoms with Crippen molar-refractivity contribution in [3.63, 3.8) is 0 Å². The molecule has 2 N–H and O–H groups in total. The van der Waals surface area contributed by atoms with Crippen molar-refractivity contribution in [2.24, 2.45) is 0 Å². The van der Waals surface area contributed by atoms with Crippen molar-refractivity contribution in [3.8, 4) is 11.5 Å². The van der Waals surface area contributed by atoms with Crippen LogP contribution in [0.2, 0.25) is 0 Å². The van der Waals surface area contributed by atoms with Gasteiger partial charge < -0.3 is 10.2 Å². The van der Waals surface area contributed by atoms with E-state index in [0.29, 0.717) is 11.6 Å². The van der Waals surface area contributed by atoms with Gasteiger partial charge in [0.25, 0.3) is 0 Å². The molecular weight excluding hydrogens is 154 g/mol. The van der Waals surface area contributed by atoms with E-state index in [9.17, 15) is 0 Å². The molecule has 1 aromatic carbocycles. The highest BCUT2D eigenvalue weighted by Crippen LogP contribution is 2.17. The minimum absolute atomic E-state index is 0.433. The lowest BCUT2D eigenvalue weighted by molar-refractivity contribution is 0.559. The largest absolute Gasteiger partial charge is 0.412 e. The predicted molar refractivity (Wildman–Crippen MR) is 43.0 cm³/mol. The summed E-state index contributed by atoms with van der Waals surface area (Å²) >= 11 is 0. The Hall–Kier alpha value is -1.84. The first kappa shape index (κ1) is 6.84. The third-order valence-electron chi connectivity index (χ3n) is 1.46. The lowest BCUT2D eigenvalue weighted by Gasteiger charge is -1.94. The molecule has 0 amide bonds. The van der Waals surface area contributed by atoms with Gasteiger partial charge in [0.05, 0.1) is 0 Å². The SMILES string of the molecule is Nc1cccc(-c2nn[c]o2)c1. The molecule has 59 valence electrons. The van der Waals surface area contributed by atoms with Crippen molar-refractivity contribution in [1.29, 1.82) is 0 Å². The second-order valence-corrected chi connectivity index (χ2v) is 2.32. The van der Waals surface area contributed by atoms with Crippen LogP contribution in [0.1, 0.15) is 0 Å². The molecule has 2 rings (SSSR count). The van der Waals surface area contributed by atoms with Crippen LogP contribution in [0.3, 0.4) is 0 Å². The van der Waals surface area contributed by atoms with E-state index in [1.54, 1.807) is 12.1 Å². The van der Waals surface area contributed by atoms with Gasteiger partial charge in [0, 0.05) is 11.3 Å². The lowest BCUT2D eigenvalue weighted by atomic mass is 10.2. The highest BCUT2D eigenvalue weighted by molar-refractivity contribution is 5.58. The molecule has 4 heteroatoms. The van der Waals surface area contributed by atoms with Gasteiger partial charge in [0.2, 0.25) is 5.89 Å². The second-order valence-electron chi connectivity index (χ2n) is 2.32. The molecule has 1 heterocycles. The number of benzene rings is 1. The highest BCUT2D eigenvalue weighted by atomic mass is 16.4. The fourth-order valence-electron chi connectivity index (χ4n) is 0.938. The molecule has 0 saturated carbocycles. The van der Waals surface area contributed by atoms with E-state index in [0.717, 1.165) is 5.56 Å². The van der Waals surface area contributed by atoms with E-state index in [1.807, 2.05) is 12.1 Å². The maximum atomic E-state index is 5.56. The first-order valence-corrected chi connectivity index (χ1v) is 3.42. The Bertz CT molecular complexity index is 370. The lowest BCUT2D eigenvalue weighted by Crippen LogP contribution is -1.84. The van der Waals surface area contributed by atoms with Crippen LogP contribution in [-0.2, 0) is 0 Å². The van der Waals surface area contributed by atoms with Crippen molar-refractivity contribution >= 4 is 5.69 Å². The van der Waals surface area contributed by atoms with Gasteiger partial charge >= 0.3 is 6.39 Å². The zero-order valence-corrected chi connectivity index (χ0v) is 6.19. The first-order chi connectivity index (χ1) is 5.86. The van der Waals surface area contributed by atoms with Gasteiger partial charge in [-0.1, -0.05) is 6.07 Å². The van der Waals surface area contributed by atoms with Crippen LogP contribution in [0, 0.1) is 6.39 Å². The minimum Gasteiger partial charge on any atom is -0.412 e. The molecule has 1 aromatic heterocycles. The summed E-state index contributed by atoms with van der Waals surface area (Å²) in [4.78, 5) is 0. The van der Waals surface area contributed by atoms with Gasteiger partial charge in [0.1, 0.15) is 0 Å². The molecular formula is C8H6N3O. The minimum atomic E-state index is 0.433. The molecule has 4 nitrogen and oxygen atoms in total. The van der Waals surface area contributed by atoms with E-state index >= 15 is 0 Å². The zero-order chi connectivity index (χ0) is 8.39. The van der Waals surface area contributed by atoms with Crippen molar-refractivity contribution in [2.75, 3.05) is 5.73 Å². The van der Waals surface area contributed by atoms with Crippen molar-refractivity contribution < 1.29 is 4.42 Å². The van der Waals surface area contributed by atoms with E-state index < -0.39 is 0 Å². The van der Waals surface area contributed by atoms with Crippen LogP contribution in [0.15, 0.2) is 28.7 Å². The number of nitrogen functional groups attached to an aromatic ring is 1. The Morgan fingerprint density at radius 1 is 1.42 bits per heavy atom. The molecule has 2 aromatic rings. The number of rotatable bonds is 1. The number of hydrogen-bond acceptors (Lipinski definition) is 4. The van der Waals surface area contributed by atoms with Crippen LogP contribution >= 0.6 is 0 Å². The number of hydrogen-bond donors (Lipinski definition) is 1. The topological polar surface area (TPSA) is 64.9 Å². The molecule has 0 saturated heterocycles. The molecule has 0 spiro atoms. The van der Waals surface area contributed by atoms with Gasteiger partial charge in [-0.25, -0.2) is 0 Å². The number of nitrogens with two attached hydrogens (primary N) is 1.